The van der Waals surface area contributed by atoms with E-state index in [9.17, 15) is 4.79 Å². The summed E-state index contributed by atoms with van der Waals surface area (Å²) in [5, 5.41) is 6.92. The highest BCUT2D eigenvalue weighted by molar-refractivity contribution is 5.94. The van der Waals surface area contributed by atoms with E-state index in [2.05, 4.69) is 57.8 Å². The van der Waals surface area contributed by atoms with Crippen molar-refractivity contribution in [2.24, 2.45) is 4.99 Å². The Hall–Kier alpha value is -2.86. The van der Waals surface area contributed by atoms with Crippen molar-refractivity contribution >= 4 is 11.9 Å². The van der Waals surface area contributed by atoms with Gasteiger partial charge in [-0.2, -0.15) is 0 Å². The van der Waals surface area contributed by atoms with Gasteiger partial charge in [0.1, 0.15) is 0 Å². The number of rotatable bonds is 8. The first kappa shape index (κ1) is 23.8. The molecule has 0 aliphatic carbocycles. The molecule has 6 heteroatoms. The van der Waals surface area contributed by atoms with Gasteiger partial charge in [-0.05, 0) is 48.1 Å². The highest BCUT2D eigenvalue weighted by atomic mass is 16.2. The lowest BCUT2D eigenvalue weighted by atomic mass is 9.98. The van der Waals surface area contributed by atoms with Crippen LogP contribution in [0, 0.1) is 0 Å². The first-order valence-corrected chi connectivity index (χ1v) is 11.6. The summed E-state index contributed by atoms with van der Waals surface area (Å²) in [6.07, 6.45) is 3.04. The third-order valence-corrected chi connectivity index (χ3v) is 6.16. The van der Waals surface area contributed by atoms with Gasteiger partial charge in [0.05, 0.1) is 0 Å². The van der Waals surface area contributed by atoms with Gasteiger partial charge < -0.3 is 15.5 Å². The number of hydrogen-bond donors (Lipinski definition) is 2. The molecule has 2 N–H and O–H groups in total. The first-order chi connectivity index (χ1) is 15.5. The number of guanidine groups is 1. The molecule has 1 unspecified atom stereocenters. The van der Waals surface area contributed by atoms with Gasteiger partial charge >= 0.3 is 0 Å². The number of hydrogen-bond acceptors (Lipinski definition) is 3. The second kappa shape index (κ2) is 11.7. The lowest BCUT2D eigenvalue weighted by Gasteiger charge is -2.35. The summed E-state index contributed by atoms with van der Waals surface area (Å²) in [5.74, 6) is 0.851. The van der Waals surface area contributed by atoms with Crippen LogP contribution in [0.4, 0.5) is 0 Å². The normalized spacial score (nSPS) is 15.1. The molecule has 1 atom stereocenters. The number of benzene rings is 2. The van der Waals surface area contributed by atoms with Crippen molar-refractivity contribution in [1.29, 1.82) is 0 Å². The van der Waals surface area contributed by atoms with Crippen LogP contribution in [0.15, 0.2) is 53.5 Å². The Morgan fingerprint density at radius 2 is 1.91 bits per heavy atom. The average molecular weight is 436 g/mol. The Labute approximate surface area is 192 Å². The lowest BCUT2D eigenvalue weighted by Crippen LogP contribution is -2.48. The monoisotopic (exact) mass is 435 g/mol. The van der Waals surface area contributed by atoms with Gasteiger partial charge in [-0.15, -0.1) is 0 Å². The molecule has 0 saturated carbocycles. The van der Waals surface area contributed by atoms with Crippen LogP contribution in [0.2, 0.25) is 0 Å². The van der Waals surface area contributed by atoms with Gasteiger partial charge in [0.2, 0.25) is 0 Å². The van der Waals surface area contributed by atoms with E-state index in [0.717, 1.165) is 62.5 Å². The molecule has 1 aliphatic heterocycles. The molecule has 2 aromatic rings. The first-order valence-electron chi connectivity index (χ1n) is 11.6. The molecular formula is C26H37N5O. The van der Waals surface area contributed by atoms with E-state index in [1.54, 1.807) is 19.0 Å². The van der Waals surface area contributed by atoms with E-state index in [4.69, 9.17) is 0 Å². The minimum atomic E-state index is 0.0308. The van der Waals surface area contributed by atoms with Crippen LogP contribution >= 0.6 is 0 Å². The summed E-state index contributed by atoms with van der Waals surface area (Å²) in [6, 6.07) is 17.1. The van der Waals surface area contributed by atoms with Crippen LogP contribution in [0.1, 0.15) is 40.4 Å². The zero-order valence-corrected chi connectivity index (χ0v) is 19.9. The van der Waals surface area contributed by atoms with Crippen molar-refractivity contribution in [1.82, 2.24) is 20.4 Å². The fraction of sp³-hybridized carbons (Fsp3) is 0.462. The van der Waals surface area contributed by atoms with Gasteiger partial charge in [-0.1, -0.05) is 43.3 Å². The maximum Gasteiger partial charge on any atom is 0.253 e. The molecule has 0 bridgehead atoms. The maximum absolute atomic E-state index is 12.2. The van der Waals surface area contributed by atoms with Crippen molar-refractivity contribution in [2.45, 2.75) is 38.8 Å². The smallest absolute Gasteiger partial charge is 0.253 e. The van der Waals surface area contributed by atoms with E-state index in [0.29, 0.717) is 6.04 Å². The fourth-order valence-electron chi connectivity index (χ4n) is 4.24. The molecule has 0 fully saturated rings. The number of amides is 1. The van der Waals surface area contributed by atoms with Crippen LogP contribution in [-0.4, -0.2) is 68.5 Å². The number of carbonyl (C=O) groups is 1. The molecule has 0 radical (unpaired) electrons. The second-order valence-corrected chi connectivity index (χ2v) is 8.58. The van der Waals surface area contributed by atoms with Gasteiger partial charge in [-0.25, -0.2) is 0 Å². The molecule has 172 valence electrons. The SMILES string of the molecule is CCC(CNC(=NC)NCCc1cccc(C(=O)N(C)C)c1)N1CCc2ccccc2C1. The molecule has 0 saturated heterocycles. The summed E-state index contributed by atoms with van der Waals surface area (Å²) < 4.78 is 0. The van der Waals surface area contributed by atoms with Crippen molar-refractivity contribution in [2.75, 3.05) is 40.8 Å². The van der Waals surface area contributed by atoms with E-state index >= 15 is 0 Å². The van der Waals surface area contributed by atoms with Crippen molar-refractivity contribution in [3.8, 4) is 0 Å². The number of fused-ring (bicyclic) bond motifs is 1. The van der Waals surface area contributed by atoms with E-state index in [1.807, 2.05) is 25.2 Å². The molecule has 3 rings (SSSR count). The third-order valence-electron chi connectivity index (χ3n) is 6.16. The molecular weight excluding hydrogens is 398 g/mol. The quantitative estimate of drug-likeness (QED) is 0.494. The minimum absolute atomic E-state index is 0.0308. The standard InChI is InChI=1S/C26H37N5O/c1-5-24(31-16-14-21-10-6-7-11-23(21)19-31)18-29-26(27-2)28-15-13-20-9-8-12-22(17-20)25(32)30(3)4/h6-12,17,24H,5,13-16,18-19H2,1-4H3,(H2,27,28,29). The Morgan fingerprint density at radius 1 is 1.12 bits per heavy atom. The summed E-state index contributed by atoms with van der Waals surface area (Å²) in [4.78, 5) is 20.8. The number of nitrogens with zero attached hydrogens (tertiary/aromatic N) is 3. The summed E-state index contributed by atoms with van der Waals surface area (Å²) in [6.45, 7) is 6.00. The predicted octanol–water partition coefficient (Wildman–Crippen LogP) is 2.93. The van der Waals surface area contributed by atoms with Crippen molar-refractivity contribution in [3.63, 3.8) is 0 Å². The second-order valence-electron chi connectivity index (χ2n) is 8.58. The van der Waals surface area contributed by atoms with Crippen LogP contribution in [0.25, 0.3) is 0 Å². The maximum atomic E-state index is 12.2. The van der Waals surface area contributed by atoms with Crippen LogP contribution < -0.4 is 10.6 Å². The zero-order valence-electron chi connectivity index (χ0n) is 19.9. The van der Waals surface area contributed by atoms with Gasteiger partial charge in [0.25, 0.3) is 5.91 Å². The summed E-state index contributed by atoms with van der Waals surface area (Å²) in [5.41, 5.74) is 4.80. The largest absolute Gasteiger partial charge is 0.356 e. The summed E-state index contributed by atoms with van der Waals surface area (Å²) in [7, 11) is 5.36. The molecule has 0 spiro atoms. The van der Waals surface area contributed by atoms with Gasteiger partial charge in [-0.3, -0.25) is 14.7 Å². The van der Waals surface area contributed by atoms with Crippen molar-refractivity contribution in [3.05, 3.63) is 70.8 Å². The molecule has 0 aromatic heterocycles. The fourth-order valence-corrected chi connectivity index (χ4v) is 4.24. The zero-order chi connectivity index (χ0) is 22.9. The Bertz CT molecular complexity index is 924. The molecule has 1 amide bonds. The highest BCUT2D eigenvalue weighted by Gasteiger charge is 2.22. The highest BCUT2D eigenvalue weighted by Crippen LogP contribution is 2.21. The average Bonchev–Trinajstić information content (AvgIpc) is 2.82. The lowest BCUT2D eigenvalue weighted by molar-refractivity contribution is 0.0827. The third kappa shape index (κ3) is 6.33. The van der Waals surface area contributed by atoms with Crippen molar-refractivity contribution < 1.29 is 4.79 Å². The van der Waals surface area contributed by atoms with Crippen LogP contribution in [-0.2, 0) is 19.4 Å². The molecule has 1 aliphatic rings. The Balaban J connectivity index is 1.47. The molecule has 2 aromatic carbocycles. The van der Waals surface area contributed by atoms with Gasteiger partial charge in [0, 0.05) is 58.9 Å². The Morgan fingerprint density at radius 3 is 2.62 bits per heavy atom. The Kier molecular flexibility index (Phi) is 8.68. The summed E-state index contributed by atoms with van der Waals surface area (Å²) >= 11 is 0. The minimum Gasteiger partial charge on any atom is -0.356 e. The predicted molar refractivity (Wildman–Crippen MR) is 132 cm³/mol. The van der Waals surface area contributed by atoms with Gasteiger partial charge in [0.15, 0.2) is 5.96 Å². The van der Waals surface area contributed by atoms with E-state index in [1.165, 1.54) is 11.1 Å². The number of aliphatic imine (C=N–C) groups is 1. The molecule has 32 heavy (non-hydrogen) atoms. The molecule has 1 heterocycles. The number of nitrogens with one attached hydrogen (secondary N) is 2. The topological polar surface area (TPSA) is 60.0 Å². The number of carbonyl (C=O) groups excluding carboxylic acids is 1. The van der Waals surface area contributed by atoms with E-state index < -0.39 is 0 Å². The van der Waals surface area contributed by atoms with Crippen LogP contribution in [0.3, 0.4) is 0 Å². The van der Waals surface area contributed by atoms with E-state index in [-0.39, 0.29) is 5.91 Å². The van der Waals surface area contributed by atoms with Crippen LogP contribution in [0.5, 0.6) is 0 Å². The molecule has 6 nitrogen and oxygen atoms in total.